The number of carbonyl (C=O) groups is 1. The molecule has 3 rings (SSSR count). The molecule has 0 saturated heterocycles. The van der Waals surface area contributed by atoms with Crippen molar-refractivity contribution in [3.05, 3.63) is 47.5 Å². The van der Waals surface area contributed by atoms with E-state index >= 15 is 0 Å². The van der Waals surface area contributed by atoms with Crippen molar-refractivity contribution in [2.75, 3.05) is 0 Å². The molecule has 0 aliphatic rings. The minimum absolute atomic E-state index is 0.111. The number of hydrogen-bond donors (Lipinski definition) is 1. The van der Waals surface area contributed by atoms with Gasteiger partial charge in [0.05, 0.1) is 5.52 Å². The third kappa shape index (κ3) is 1.37. The maximum atomic E-state index is 11.7. The molecule has 0 saturated carbocycles. The van der Waals surface area contributed by atoms with Gasteiger partial charge in [-0.2, -0.15) is 0 Å². The Balaban J connectivity index is 2.60. The average Bonchev–Trinajstić information content (AvgIpc) is 2.69. The summed E-state index contributed by atoms with van der Waals surface area (Å²) >= 11 is 0. The number of para-hydroxylation sites is 1. The number of benzene rings is 2. The summed E-state index contributed by atoms with van der Waals surface area (Å²) < 4.78 is 0. The highest BCUT2D eigenvalue weighted by atomic mass is 16.1. The van der Waals surface area contributed by atoms with Crippen LogP contribution in [0.3, 0.4) is 0 Å². The number of Topliss-reactive ketones (excluding diaryl/α,β-unsaturated/α-hetero) is 1. The van der Waals surface area contributed by atoms with Crippen LogP contribution in [0.4, 0.5) is 0 Å². The van der Waals surface area contributed by atoms with Gasteiger partial charge in [0.1, 0.15) is 0 Å². The lowest BCUT2D eigenvalue weighted by molar-refractivity contribution is 0.101. The van der Waals surface area contributed by atoms with Crippen LogP contribution < -0.4 is 0 Å². The van der Waals surface area contributed by atoms with Gasteiger partial charge in [-0.25, -0.2) is 0 Å². The molecule has 0 unspecified atom stereocenters. The number of hydrogen-bond acceptors (Lipinski definition) is 1. The van der Waals surface area contributed by atoms with E-state index in [9.17, 15) is 4.79 Å². The van der Waals surface area contributed by atoms with Gasteiger partial charge >= 0.3 is 0 Å². The Kier molecular flexibility index (Phi) is 2.05. The van der Waals surface area contributed by atoms with Gasteiger partial charge in [0.15, 0.2) is 5.78 Å². The summed E-state index contributed by atoms with van der Waals surface area (Å²) in [6.07, 6.45) is 0. The lowest BCUT2D eigenvalue weighted by Crippen LogP contribution is -1.93. The first-order valence-electron chi connectivity index (χ1n) is 5.69. The van der Waals surface area contributed by atoms with Crippen LogP contribution in [-0.2, 0) is 0 Å². The van der Waals surface area contributed by atoms with Gasteiger partial charge in [-0.15, -0.1) is 0 Å². The van der Waals surface area contributed by atoms with E-state index in [1.165, 1.54) is 5.56 Å². The molecule has 1 aromatic heterocycles. The number of aromatic nitrogens is 1. The van der Waals surface area contributed by atoms with Crippen LogP contribution in [0.15, 0.2) is 36.4 Å². The number of nitrogens with one attached hydrogen (secondary N) is 1. The third-order valence-corrected chi connectivity index (χ3v) is 3.25. The summed E-state index contributed by atoms with van der Waals surface area (Å²) in [4.78, 5) is 15.1. The fraction of sp³-hybridized carbons (Fsp3) is 0.133. The lowest BCUT2D eigenvalue weighted by atomic mass is 10.0. The molecular formula is C15H13NO. The maximum absolute atomic E-state index is 11.7. The third-order valence-electron chi connectivity index (χ3n) is 3.25. The van der Waals surface area contributed by atoms with E-state index in [1.54, 1.807) is 6.92 Å². The van der Waals surface area contributed by atoms with E-state index < -0.39 is 0 Å². The summed E-state index contributed by atoms with van der Waals surface area (Å²) in [5, 5.41) is 2.17. The van der Waals surface area contributed by atoms with Crippen LogP contribution in [0, 0.1) is 6.92 Å². The van der Waals surface area contributed by atoms with Gasteiger partial charge in [-0.05, 0) is 25.5 Å². The highest BCUT2D eigenvalue weighted by Crippen LogP contribution is 2.30. The highest BCUT2D eigenvalue weighted by Gasteiger charge is 2.12. The first kappa shape index (κ1) is 10.1. The molecular weight excluding hydrogens is 210 g/mol. The minimum atomic E-state index is 0.111. The first-order chi connectivity index (χ1) is 8.18. The van der Waals surface area contributed by atoms with E-state index in [-0.39, 0.29) is 5.78 Å². The summed E-state index contributed by atoms with van der Waals surface area (Å²) in [7, 11) is 0. The molecule has 2 nitrogen and oxygen atoms in total. The zero-order chi connectivity index (χ0) is 12.0. The van der Waals surface area contributed by atoms with Crippen molar-refractivity contribution in [3.8, 4) is 0 Å². The van der Waals surface area contributed by atoms with Crippen molar-refractivity contribution < 1.29 is 4.79 Å². The second-order valence-electron chi connectivity index (χ2n) is 4.41. The molecule has 1 heterocycles. The van der Waals surface area contributed by atoms with Crippen molar-refractivity contribution in [1.29, 1.82) is 0 Å². The number of H-pyrrole nitrogens is 1. The second-order valence-corrected chi connectivity index (χ2v) is 4.41. The van der Waals surface area contributed by atoms with Crippen LogP contribution in [0.5, 0.6) is 0 Å². The normalized spacial score (nSPS) is 11.2. The Morgan fingerprint density at radius 3 is 2.65 bits per heavy atom. The number of fused-ring (bicyclic) bond motifs is 3. The molecule has 0 bridgehead atoms. The molecule has 0 fully saturated rings. The first-order valence-corrected chi connectivity index (χ1v) is 5.69. The molecule has 0 radical (unpaired) electrons. The maximum Gasteiger partial charge on any atom is 0.160 e. The average molecular weight is 223 g/mol. The predicted molar refractivity (Wildman–Crippen MR) is 70.5 cm³/mol. The number of aryl methyl sites for hydroxylation is 1. The summed E-state index contributed by atoms with van der Waals surface area (Å²) in [5.74, 6) is 0.111. The fourth-order valence-corrected chi connectivity index (χ4v) is 2.39. The van der Waals surface area contributed by atoms with Crippen LogP contribution in [-0.4, -0.2) is 10.8 Å². The topological polar surface area (TPSA) is 32.9 Å². The van der Waals surface area contributed by atoms with E-state index in [1.807, 2.05) is 30.3 Å². The molecule has 0 atom stereocenters. The molecule has 84 valence electrons. The highest BCUT2D eigenvalue weighted by molar-refractivity contribution is 6.18. The largest absolute Gasteiger partial charge is 0.354 e. The van der Waals surface area contributed by atoms with Crippen molar-refractivity contribution in [2.45, 2.75) is 13.8 Å². The standard InChI is InChI=1S/C15H13NO/c1-9-7-8-11(10(2)17)14-12-5-3-4-6-13(12)16-15(9)14/h3-8,16H,1-2H3. The summed E-state index contributed by atoms with van der Waals surface area (Å²) in [6, 6.07) is 12.0. The van der Waals surface area contributed by atoms with E-state index in [0.717, 1.165) is 27.4 Å². The van der Waals surface area contributed by atoms with Crippen LogP contribution in [0.1, 0.15) is 22.8 Å². The quantitative estimate of drug-likeness (QED) is 0.625. The zero-order valence-electron chi connectivity index (χ0n) is 9.87. The van der Waals surface area contributed by atoms with Gasteiger partial charge in [0, 0.05) is 21.9 Å². The van der Waals surface area contributed by atoms with Gasteiger partial charge in [-0.3, -0.25) is 4.79 Å². The van der Waals surface area contributed by atoms with E-state index in [4.69, 9.17) is 0 Å². The molecule has 1 N–H and O–H groups in total. The van der Waals surface area contributed by atoms with Crippen molar-refractivity contribution in [2.24, 2.45) is 0 Å². The zero-order valence-corrected chi connectivity index (χ0v) is 9.87. The van der Waals surface area contributed by atoms with Gasteiger partial charge < -0.3 is 4.98 Å². The molecule has 0 amide bonds. The van der Waals surface area contributed by atoms with Crippen molar-refractivity contribution >= 4 is 27.6 Å². The molecule has 0 aliphatic carbocycles. The smallest absolute Gasteiger partial charge is 0.160 e. The lowest BCUT2D eigenvalue weighted by Gasteiger charge is -2.02. The van der Waals surface area contributed by atoms with Crippen LogP contribution in [0.2, 0.25) is 0 Å². The van der Waals surface area contributed by atoms with Crippen LogP contribution >= 0.6 is 0 Å². The monoisotopic (exact) mass is 223 g/mol. The minimum Gasteiger partial charge on any atom is -0.354 e. The Morgan fingerprint density at radius 1 is 1.12 bits per heavy atom. The fourth-order valence-electron chi connectivity index (χ4n) is 2.39. The number of ketones is 1. The van der Waals surface area contributed by atoms with Crippen molar-refractivity contribution in [3.63, 3.8) is 0 Å². The summed E-state index contributed by atoms with van der Waals surface area (Å²) in [5.41, 5.74) is 4.11. The van der Waals surface area contributed by atoms with E-state index in [2.05, 4.69) is 18.0 Å². The second kappa shape index (κ2) is 3.45. The number of rotatable bonds is 1. The summed E-state index contributed by atoms with van der Waals surface area (Å²) in [6.45, 7) is 3.67. The van der Waals surface area contributed by atoms with Gasteiger partial charge in [0.25, 0.3) is 0 Å². The van der Waals surface area contributed by atoms with Gasteiger partial charge in [0.2, 0.25) is 0 Å². The van der Waals surface area contributed by atoms with Gasteiger partial charge in [-0.1, -0.05) is 30.3 Å². The Hall–Kier alpha value is -2.09. The Bertz CT molecular complexity index is 737. The molecule has 0 spiro atoms. The van der Waals surface area contributed by atoms with Crippen molar-refractivity contribution in [1.82, 2.24) is 4.98 Å². The predicted octanol–water partition coefficient (Wildman–Crippen LogP) is 3.83. The Labute approximate surface area is 99.3 Å². The molecule has 2 heteroatoms. The van der Waals surface area contributed by atoms with Crippen LogP contribution in [0.25, 0.3) is 21.8 Å². The van der Waals surface area contributed by atoms with E-state index in [0.29, 0.717) is 0 Å². The SMILES string of the molecule is CC(=O)c1ccc(C)c2[nH]c3ccccc3c12. The number of carbonyl (C=O) groups excluding carboxylic acids is 1. The Morgan fingerprint density at radius 2 is 1.88 bits per heavy atom. The molecule has 3 aromatic rings. The molecule has 0 aliphatic heterocycles. The number of aromatic amines is 1. The molecule has 17 heavy (non-hydrogen) atoms. The molecule has 2 aromatic carbocycles.